The highest BCUT2D eigenvalue weighted by Gasteiger charge is 2.31. The van der Waals surface area contributed by atoms with Gasteiger partial charge < -0.3 is 20.1 Å². The first kappa shape index (κ1) is 26.9. The summed E-state index contributed by atoms with van der Waals surface area (Å²) in [5.74, 6) is -2.73. The monoisotopic (exact) mass is 402 g/mol. The van der Waals surface area contributed by atoms with Crippen molar-refractivity contribution in [1.82, 2.24) is 0 Å². The molecule has 0 unspecified atom stereocenters. The summed E-state index contributed by atoms with van der Waals surface area (Å²) >= 11 is 0. The van der Waals surface area contributed by atoms with Gasteiger partial charge in [0, 0.05) is 0 Å². The van der Waals surface area contributed by atoms with Crippen LogP contribution in [0.25, 0.3) is 0 Å². The van der Waals surface area contributed by atoms with Crippen molar-refractivity contribution in [2.45, 2.75) is 122 Å². The van der Waals surface area contributed by atoms with Crippen LogP contribution in [0.2, 0.25) is 0 Å². The molecule has 2 atom stereocenters. The third-order valence-electron chi connectivity index (χ3n) is 5.04. The van der Waals surface area contributed by atoms with Crippen LogP contribution in [0.5, 0.6) is 0 Å². The Kier molecular flexibility index (Phi) is 18.4. The summed E-state index contributed by atoms with van der Waals surface area (Å²) in [4.78, 5) is 21.8. The van der Waals surface area contributed by atoms with Crippen LogP contribution in [-0.2, 0) is 14.3 Å². The molecular weight excluding hydrogens is 360 g/mol. The maximum absolute atomic E-state index is 11.4. The zero-order valence-corrected chi connectivity index (χ0v) is 17.7. The number of carbonyl (C=O) groups is 2. The maximum Gasteiger partial charge on any atom is 0.338 e. The molecule has 0 saturated heterocycles. The van der Waals surface area contributed by atoms with Gasteiger partial charge in [-0.3, -0.25) is 0 Å². The first-order valence-corrected chi connectivity index (χ1v) is 11.3. The van der Waals surface area contributed by atoms with Crippen molar-refractivity contribution in [2.24, 2.45) is 0 Å². The van der Waals surface area contributed by atoms with Crippen LogP contribution in [0.1, 0.15) is 110 Å². The van der Waals surface area contributed by atoms with Gasteiger partial charge in [-0.15, -0.1) is 0 Å². The van der Waals surface area contributed by atoms with Gasteiger partial charge in [-0.2, -0.15) is 0 Å². The molecule has 0 saturated carbocycles. The lowest BCUT2D eigenvalue weighted by atomic mass is 10.0. The number of aliphatic hydroxyl groups is 2. The molecule has 0 rings (SSSR count). The average Bonchev–Trinajstić information content (AvgIpc) is 2.68. The highest BCUT2D eigenvalue weighted by Crippen LogP contribution is 2.13. The molecule has 0 amide bonds. The summed E-state index contributed by atoms with van der Waals surface area (Å²) in [5, 5.41) is 26.8. The molecule has 0 radical (unpaired) electrons. The summed E-state index contributed by atoms with van der Waals surface area (Å²) in [6, 6.07) is 0. The number of esters is 1. The number of rotatable bonds is 20. The fourth-order valence-electron chi connectivity index (χ4n) is 3.17. The predicted molar refractivity (Wildman–Crippen MR) is 110 cm³/mol. The van der Waals surface area contributed by atoms with Gasteiger partial charge in [0.25, 0.3) is 0 Å². The summed E-state index contributed by atoms with van der Waals surface area (Å²) in [7, 11) is 0. The standard InChI is InChI=1S/C22H42O6/c1-2-3-4-5-6-7-8-9-10-11-12-13-14-15-16-17-18-28-22(27)20(24)19(23)21(25)26/h19-20,23-24H,2-18H2,1H3,(H,25,26)/t19-,20-/m1/s1. The molecule has 0 aliphatic rings. The molecular formula is C22H42O6. The number of carboxylic acid groups (broad SMARTS) is 1. The summed E-state index contributed by atoms with van der Waals surface area (Å²) in [6.45, 7) is 2.39. The zero-order chi connectivity index (χ0) is 21.0. The van der Waals surface area contributed by atoms with E-state index in [-0.39, 0.29) is 6.61 Å². The molecule has 0 aromatic rings. The van der Waals surface area contributed by atoms with E-state index in [0.29, 0.717) is 6.42 Å². The van der Waals surface area contributed by atoms with Gasteiger partial charge in [0.1, 0.15) is 0 Å². The molecule has 0 aliphatic heterocycles. The third-order valence-corrected chi connectivity index (χ3v) is 5.04. The fourth-order valence-corrected chi connectivity index (χ4v) is 3.17. The van der Waals surface area contributed by atoms with E-state index in [0.717, 1.165) is 12.8 Å². The Morgan fingerprint density at radius 1 is 0.643 bits per heavy atom. The summed E-state index contributed by atoms with van der Waals surface area (Å²) < 4.78 is 4.78. The van der Waals surface area contributed by atoms with Crippen LogP contribution >= 0.6 is 0 Å². The SMILES string of the molecule is CCCCCCCCCCCCCCCCCCOC(=O)[C@H](O)[C@@H](O)C(=O)O. The van der Waals surface area contributed by atoms with Crippen molar-refractivity contribution in [3.63, 3.8) is 0 Å². The van der Waals surface area contributed by atoms with Crippen LogP contribution in [-0.4, -0.2) is 46.1 Å². The number of unbranched alkanes of at least 4 members (excludes halogenated alkanes) is 15. The van der Waals surface area contributed by atoms with E-state index >= 15 is 0 Å². The van der Waals surface area contributed by atoms with Gasteiger partial charge in [-0.05, 0) is 6.42 Å². The minimum Gasteiger partial charge on any atom is -0.479 e. The Labute approximate surface area is 170 Å². The first-order valence-electron chi connectivity index (χ1n) is 11.3. The lowest BCUT2D eigenvalue weighted by Crippen LogP contribution is -2.40. The Bertz CT molecular complexity index is 385. The van der Waals surface area contributed by atoms with Gasteiger partial charge in [0.2, 0.25) is 0 Å². The number of hydrogen-bond acceptors (Lipinski definition) is 5. The van der Waals surface area contributed by atoms with Crippen LogP contribution in [0, 0.1) is 0 Å². The van der Waals surface area contributed by atoms with Crippen molar-refractivity contribution < 1.29 is 29.6 Å². The number of aliphatic hydroxyl groups excluding tert-OH is 2. The largest absolute Gasteiger partial charge is 0.479 e. The van der Waals surface area contributed by atoms with E-state index in [1.54, 1.807) is 0 Å². The molecule has 0 bridgehead atoms. The normalized spacial score (nSPS) is 13.2. The van der Waals surface area contributed by atoms with Crippen molar-refractivity contribution in [3.05, 3.63) is 0 Å². The van der Waals surface area contributed by atoms with Crippen molar-refractivity contribution >= 4 is 11.9 Å². The molecule has 6 nitrogen and oxygen atoms in total. The molecule has 0 fully saturated rings. The van der Waals surface area contributed by atoms with E-state index < -0.39 is 24.1 Å². The maximum atomic E-state index is 11.4. The van der Waals surface area contributed by atoms with Crippen molar-refractivity contribution in [2.75, 3.05) is 6.61 Å². The van der Waals surface area contributed by atoms with Crippen LogP contribution in [0.15, 0.2) is 0 Å². The molecule has 0 spiro atoms. The first-order chi connectivity index (χ1) is 13.5. The Morgan fingerprint density at radius 2 is 1.00 bits per heavy atom. The van der Waals surface area contributed by atoms with Gasteiger partial charge >= 0.3 is 11.9 Å². The van der Waals surface area contributed by atoms with E-state index in [1.165, 1.54) is 83.5 Å². The topological polar surface area (TPSA) is 104 Å². The molecule has 28 heavy (non-hydrogen) atoms. The highest BCUT2D eigenvalue weighted by atomic mass is 16.5. The van der Waals surface area contributed by atoms with Crippen LogP contribution in [0.4, 0.5) is 0 Å². The molecule has 0 aliphatic carbocycles. The molecule has 6 heteroatoms. The molecule has 0 heterocycles. The quantitative estimate of drug-likeness (QED) is 0.203. The summed E-state index contributed by atoms with van der Waals surface area (Å²) in [6.07, 6.45) is 15.9. The second-order valence-electron chi connectivity index (χ2n) is 7.70. The highest BCUT2D eigenvalue weighted by molar-refractivity contribution is 5.84. The van der Waals surface area contributed by atoms with Gasteiger partial charge in [0.05, 0.1) is 6.61 Å². The fraction of sp³-hybridized carbons (Fsp3) is 0.909. The lowest BCUT2D eigenvalue weighted by molar-refractivity contribution is -0.169. The number of carbonyl (C=O) groups excluding carboxylic acids is 1. The van der Waals surface area contributed by atoms with E-state index in [2.05, 4.69) is 6.92 Å². The Hall–Kier alpha value is -1.14. The lowest BCUT2D eigenvalue weighted by Gasteiger charge is -2.13. The summed E-state index contributed by atoms with van der Waals surface area (Å²) in [5.41, 5.74) is 0. The second-order valence-corrected chi connectivity index (χ2v) is 7.70. The van der Waals surface area contributed by atoms with Gasteiger partial charge in [0.15, 0.2) is 12.2 Å². The van der Waals surface area contributed by atoms with Crippen LogP contribution in [0.3, 0.4) is 0 Å². The van der Waals surface area contributed by atoms with Gasteiger partial charge in [-0.25, -0.2) is 9.59 Å². The number of aliphatic carboxylic acids is 1. The zero-order valence-electron chi connectivity index (χ0n) is 17.7. The van der Waals surface area contributed by atoms with Crippen molar-refractivity contribution in [3.8, 4) is 0 Å². The minimum atomic E-state index is -2.14. The van der Waals surface area contributed by atoms with Gasteiger partial charge in [-0.1, -0.05) is 103 Å². The average molecular weight is 403 g/mol. The number of ether oxygens (including phenoxy) is 1. The van der Waals surface area contributed by atoms with E-state index in [9.17, 15) is 14.7 Å². The second kappa shape index (κ2) is 19.2. The predicted octanol–water partition coefficient (Wildman–Crippen LogP) is 4.60. The molecule has 3 N–H and O–H groups in total. The van der Waals surface area contributed by atoms with E-state index in [1.807, 2.05) is 0 Å². The minimum absolute atomic E-state index is 0.140. The third kappa shape index (κ3) is 15.9. The molecule has 0 aromatic heterocycles. The van der Waals surface area contributed by atoms with Crippen molar-refractivity contribution in [1.29, 1.82) is 0 Å². The Balaban J connectivity index is 3.28. The van der Waals surface area contributed by atoms with Crippen LogP contribution < -0.4 is 0 Å². The number of hydrogen-bond donors (Lipinski definition) is 3. The molecule has 0 aromatic carbocycles. The molecule has 166 valence electrons. The van der Waals surface area contributed by atoms with E-state index in [4.69, 9.17) is 14.9 Å². The number of carboxylic acids is 1. The smallest absolute Gasteiger partial charge is 0.338 e. The Morgan fingerprint density at radius 3 is 1.36 bits per heavy atom.